The van der Waals surface area contributed by atoms with Gasteiger partial charge in [-0.25, -0.2) is 4.39 Å². The van der Waals surface area contributed by atoms with Gasteiger partial charge in [-0.05, 0) is 31.7 Å². The fourth-order valence-corrected chi connectivity index (χ4v) is 4.67. The van der Waals surface area contributed by atoms with Crippen molar-refractivity contribution in [2.24, 2.45) is 11.8 Å². The third kappa shape index (κ3) is 3.38. The number of nitrogens with one attached hydrogen (secondary N) is 1. The molecule has 1 saturated heterocycles. The van der Waals surface area contributed by atoms with Crippen molar-refractivity contribution in [2.75, 3.05) is 13.1 Å². The van der Waals surface area contributed by atoms with Crippen LogP contribution in [-0.4, -0.2) is 51.0 Å². The number of nitrogens with zero attached hydrogens (tertiary/aromatic N) is 4. The summed E-state index contributed by atoms with van der Waals surface area (Å²) in [4.78, 5) is 35.1. The van der Waals surface area contributed by atoms with Crippen molar-refractivity contribution in [1.82, 2.24) is 25.3 Å². The van der Waals surface area contributed by atoms with Crippen molar-refractivity contribution in [2.45, 2.75) is 45.1 Å². The molecule has 1 aliphatic heterocycles. The Balaban J connectivity index is 1.57. The van der Waals surface area contributed by atoms with Crippen LogP contribution in [0.1, 0.15) is 48.8 Å². The van der Waals surface area contributed by atoms with Crippen LogP contribution in [0.5, 0.6) is 0 Å². The van der Waals surface area contributed by atoms with Crippen LogP contribution in [0.4, 0.5) is 4.39 Å². The molecular weight excluding hydrogens is 377 g/mol. The molecule has 29 heavy (non-hydrogen) atoms. The van der Waals surface area contributed by atoms with E-state index < -0.39 is 17.1 Å². The summed E-state index contributed by atoms with van der Waals surface area (Å²) in [5, 5.41) is 6.87. The number of rotatable bonds is 4. The standard InChI is InChI=1S/C20H24FN5O3/c1-11(2)18(28)26-9-13-6-14(24-17(27)15-4-5-22-8-16(15)21)7-20(13,10-26)19-23-12(3)25-29-19/h4-5,8,11,13-14H,6-7,9-10H2,1-3H3,(H,24,27)/t13-,14+,20-/m0/s1. The van der Waals surface area contributed by atoms with Crippen LogP contribution in [0, 0.1) is 24.6 Å². The third-order valence-corrected chi connectivity index (χ3v) is 5.99. The summed E-state index contributed by atoms with van der Waals surface area (Å²) in [6.45, 7) is 6.57. The van der Waals surface area contributed by atoms with Gasteiger partial charge >= 0.3 is 0 Å². The van der Waals surface area contributed by atoms with E-state index in [0.717, 1.165) is 6.20 Å². The average molecular weight is 401 g/mol. The Morgan fingerprint density at radius 2 is 2.21 bits per heavy atom. The van der Waals surface area contributed by atoms with E-state index in [2.05, 4.69) is 20.4 Å². The molecule has 3 heterocycles. The molecule has 2 amide bonds. The maximum atomic E-state index is 13.9. The van der Waals surface area contributed by atoms with Gasteiger partial charge in [-0.3, -0.25) is 14.6 Å². The first-order valence-electron chi connectivity index (χ1n) is 9.80. The summed E-state index contributed by atoms with van der Waals surface area (Å²) >= 11 is 0. The third-order valence-electron chi connectivity index (χ3n) is 5.99. The number of likely N-dealkylation sites (tertiary alicyclic amines) is 1. The fourth-order valence-electron chi connectivity index (χ4n) is 4.67. The van der Waals surface area contributed by atoms with Crippen LogP contribution in [0.3, 0.4) is 0 Å². The molecule has 0 unspecified atom stereocenters. The van der Waals surface area contributed by atoms with E-state index in [1.165, 1.54) is 12.3 Å². The molecule has 9 heteroatoms. The monoisotopic (exact) mass is 401 g/mol. The molecule has 0 aromatic carbocycles. The molecule has 0 radical (unpaired) electrons. The van der Waals surface area contributed by atoms with Crippen LogP contribution < -0.4 is 5.32 Å². The molecule has 1 saturated carbocycles. The number of aromatic nitrogens is 3. The van der Waals surface area contributed by atoms with E-state index in [1.54, 1.807) is 6.92 Å². The number of pyridine rings is 1. The molecular formula is C20H24FN5O3. The number of carbonyl (C=O) groups is 2. The highest BCUT2D eigenvalue weighted by atomic mass is 19.1. The Morgan fingerprint density at radius 3 is 2.86 bits per heavy atom. The number of carbonyl (C=O) groups excluding carboxylic acids is 2. The SMILES string of the molecule is Cc1noc([C@]23C[C@H](NC(=O)c4ccncc4F)C[C@H]2CN(C(=O)C(C)C)C3)n1. The molecule has 1 N–H and O–H groups in total. The Bertz CT molecular complexity index is 946. The second kappa shape index (κ2) is 7.20. The van der Waals surface area contributed by atoms with E-state index >= 15 is 0 Å². The van der Waals surface area contributed by atoms with Crippen LogP contribution >= 0.6 is 0 Å². The van der Waals surface area contributed by atoms with Gasteiger partial charge < -0.3 is 14.7 Å². The van der Waals surface area contributed by atoms with Gasteiger partial charge in [0.1, 0.15) is 0 Å². The lowest BCUT2D eigenvalue weighted by molar-refractivity contribution is -0.133. The zero-order valence-electron chi connectivity index (χ0n) is 16.7. The highest BCUT2D eigenvalue weighted by molar-refractivity contribution is 5.94. The molecule has 2 aromatic rings. The molecule has 154 valence electrons. The van der Waals surface area contributed by atoms with Crippen molar-refractivity contribution in [3.63, 3.8) is 0 Å². The number of halogens is 1. The summed E-state index contributed by atoms with van der Waals surface area (Å²) in [7, 11) is 0. The van der Waals surface area contributed by atoms with Crippen LogP contribution in [0.2, 0.25) is 0 Å². The van der Waals surface area contributed by atoms with Gasteiger partial charge in [0.25, 0.3) is 5.91 Å². The van der Waals surface area contributed by atoms with Gasteiger partial charge in [-0.2, -0.15) is 4.98 Å². The highest BCUT2D eigenvalue weighted by Crippen LogP contribution is 2.50. The number of amides is 2. The van der Waals surface area contributed by atoms with Gasteiger partial charge in [0, 0.05) is 31.2 Å². The Morgan fingerprint density at radius 1 is 1.41 bits per heavy atom. The summed E-state index contributed by atoms with van der Waals surface area (Å²) in [5.41, 5.74) is -0.531. The number of fused-ring (bicyclic) bond motifs is 1. The number of hydrogen-bond acceptors (Lipinski definition) is 6. The predicted molar refractivity (Wildman–Crippen MR) is 100 cm³/mol. The molecule has 3 atom stereocenters. The minimum atomic E-state index is -0.654. The summed E-state index contributed by atoms with van der Waals surface area (Å²) in [6, 6.07) is 1.18. The molecule has 0 bridgehead atoms. The predicted octanol–water partition coefficient (Wildman–Crippen LogP) is 1.86. The van der Waals surface area contributed by atoms with Gasteiger partial charge in [0.05, 0.1) is 17.2 Å². The largest absolute Gasteiger partial charge is 0.349 e. The lowest BCUT2D eigenvalue weighted by Gasteiger charge is -2.26. The minimum Gasteiger partial charge on any atom is -0.349 e. The summed E-state index contributed by atoms with van der Waals surface area (Å²) in [5.74, 6) is -0.00691. The first kappa shape index (κ1) is 19.5. The normalized spacial score (nSPS) is 26.0. The maximum Gasteiger partial charge on any atom is 0.254 e. The topological polar surface area (TPSA) is 101 Å². The van der Waals surface area contributed by atoms with Crippen molar-refractivity contribution < 1.29 is 18.5 Å². The van der Waals surface area contributed by atoms with Crippen LogP contribution in [-0.2, 0) is 10.2 Å². The summed E-state index contributed by atoms with van der Waals surface area (Å²) in [6.07, 6.45) is 3.62. The van der Waals surface area contributed by atoms with E-state index in [4.69, 9.17) is 4.52 Å². The van der Waals surface area contributed by atoms with Crippen LogP contribution in [0.25, 0.3) is 0 Å². The molecule has 4 rings (SSSR count). The first-order chi connectivity index (χ1) is 13.8. The van der Waals surface area contributed by atoms with E-state index in [-0.39, 0.29) is 29.3 Å². The van der Waals surface area contributed by atoms with Gasteiger partial charge in [-0.1, -0.05) is 19.0 Å². The fraction of sp³-hybridized carbons (Fsp3) is 0.550. The van der Waals surface area contributed by atoms with Crippen molar-refractivity contribution in [3.8, 4) is 0 Å². The molecule has 1 aliphatic carbocycles. The van der Waals surface area contributed by atoms with Crippen LogP contribution in [0.15, 0.2) is 23.0 Å². The molecule has 8 nitrogen and oxygen atoms in total. The van der Waals surface area contributed by atoms with Gasteiger partial charge in [0.15, 0.2) is 11.6 Å². The zero-order chi connectivity index (χ0) is 20.8. The Kier molecular flexibility index (Phi) is 4.84. The molecule has 2 aliphatic rings. The maximum absolute atomic E-state index is 13.9. The van der Waals surface area contributed by atoms with Gasteiger partial charge in [0.2, 0.25) is 11.8 Å². The second-order valence-electron chi connectivity index (χ2n) is 8.34. The van der Waals surface area contributed by atoms with Crippen molar-refractivity contribution in [1.29, 1.82) is 0 Å². The second-order valence-corrected chi connectivity index (χ2v) is 8.34. The number of hydrogen-bond donors (Lipinski definition) is 1. The van der Waals surface area contributed by atoms with E-state index in [0.29, 0.717) is 37.6 Å². The zero-order valence-corrected chi connectivity index (χ0v) is 16.7. The lowest BCUT2D eigenvalue weighted by Crippen LogP contribution is -2.40. The highest BCUT2D eigenvalue weighted by Gasteiger charge is 2.58. The smallest absolute Gasteiger partial charge is 0.254 e. The van der Waals surface area contributed by atoms with Crippen molar-refractivity contribution in [3.05, 3.63) is 41.6 Å². The first-order valence-corrected chi connectivity index (χ1v) is 9.80. The van der Waals surface area contributed by atoms with Gasteiger partial charge in [-0.15, -0.1) is 0 Å². The minimum absolute atomic E-state index is 0.0312. The Labute approximate surface area is 167 Å². The molecule has 2 aromatic heterocycles. The van der Waals surface area contributed by atoms with Crippen molar-refractivity contribution >= 4 is 11.8 Å². The lowest BCUT2D eigenvalue weighted by atomic mass is 9.80. The molecule has 0 spiro atoms. The number of aryl methyl sites for hydroxylation is 1. The average Bonchev–Trinajstić information content (AvgIpc) is 3.33. The quantitative estimate of drug-likeness (QED) is 0.839. The molecule has 2 fully saturated rings. The summed E-state index contributed by atoms with van der Waals surface area (Å²) < 4.78 is 19.4. The van der Waals surface area contributed by atoms with E-state index in [9.17, 15) is 14.0 Å². The van der Waals surface area contributed by atoms with E-state index in [1.807, 2.05) is 18.7 Å². The Hall–Kier alpha value is -2.84.